The highest BCUT2D eigenvalue weighted by Gasteiger charge is 2.37. The fraction of sp³-hybridized carbons (Fsp3) is 0.300. The topological polar surface area (TPSA) is 58.2 Å². The third kappa shape index (κ3) is 4.05. The van der Waals surface area contributed by atoms with Gasteiger partial charge in [0.05, 0.1) is 5.69 Å². The van der Waals surface area contributed by atoms with Crippen LogP contribution in [-0.2, 0) is 16.0 Å². The molecule has 0 fully saturated rings. The maximum atomic E-state index is 13.7. The average molecular weight is 342 g/mol. The van der Waals surface area contributed by atoms with E-state index in [1.807, 2.05) is 32.0 Å². The number of halogens is 1. The van der Waals surface area contributed by atoms with Crippen molar-refractivity contribution < 1.29 is 14.0 Å². The van der Waals surface area contributed by atoms with E-state index in [4.69, 9.17) is 0 Å². The molecule has 0 radical (unpaired) electrons. The lowest BCUT2D eigenvalue weighted by Gasteiger charge is -2.24. The molecule has 25 heavy (non-hydrogen) atoms. The van der Waals surface area contributed by atoms with Crippen molar-refractivity contribution in [3.63, 3.8) is 0 Å². The molecule has 2 N–H and O–H groups in total. The van der Waals surface area contributed by atoms with Gasteiger partial charge in [-0.05, 0) is 50.5 Å². The Morgan fingerprint density at radius 1 is 1.00 bits per heavy atom. The van der Waals surface area contributed by atoms with E-state index in [-0.39, 0.29) is 5.69 Å². The Hall–Kier alpha value is -2.69. The van der Waals surface area contributed by atoms with Crippen LogP contribution in [0.25, 0.3) is 0 Å². The van der Waals surface area contributed by atoms with Crippen LogP contribution >= 0.6 is 0 Å². The summed E-state index contributed by atoms with van der Waals surface area (Å²) in [6, 6.07) is 11.6. The Labute approximate surface area is 147 Å². The first-order chi connectivity index (χ1) is 11.8. The largest absolute Gasteiger partial charge is 0.325 e. The summed E-state index contributed by atoms with van der Waals surface area (Å²) in [6.07, 6.45) is 0.763. The Balaban J connectivity index is 2.20. The summed E-state index contributed by atoms with van der Waals surface area (Å²) in [5.41, 5.74) is 1.34. The molecule has 0 heterocycles. The molecule has 0 aliphatic carbocycles. The Kier molecular flexibility index (Phi) is 5.57. The fourth-order valence-corrected chi connectivity index (χ4v) is 2.42. The maximum Gasteiger partial charge on any atom is 0.239 e. The van der Waals surface area contributed by atoms with Gasteiger partial charge >= 0.3 is 0 Å². The van der Waals surface area contributed by atoms with Gasteiger partial charge in [-0.3, -0.25) is 9.59 Å². The second-order valence-electron chi connectivity index (χ2n) is 6.48. The van der Waals surface area contributed by atoms with Gasteiger partial charge in [0.15, 0.2) is 0 Å². The average Bonchev–Trinajstić information content (AvgIpc) is 2.58. The molecule has 0 saturated carbocycles. The van der Waals surface area contributed by atoms with Crippen molar-refractivity contribution in [2.75, 3.05) is 10.6 Å². The number of nitrogens with one attached hydrogen (secondary N) is 2. The maximum absolute atomic E-state index is 13.7. The van der Waals surface area contributed by atoms with Crippen molar-refractivity contribution >= 4 is 23.2 Å². The number of carbonyl (C=O) groups is 2. The van der Waals surface area contributed by atoms with Gasteiger partial charge in [0.25, 0.3) is 0 Å². The van der Waals surface area contributed by atoms with E-state index in [1.165, 1.54) is 32.0 Å². The zero-order chi connectivity index (χ0) is 18.6. The first-order valence-corrected chi connectivity index (χ1v) is 8.23. The minimum Gasteiger partial charge on any atom is -0.325 e. The molecule has 2 amide bonds. The second-order valence-corrected chi connectivity index (χ2v) is 6.48. The molecule has 2 rings (SSSR count). The molecule has 2 aromatic rings. The third-order valence-corrected chi connectivity index (χ3v) is 4.24. The molecule has 2 aromatic carbocycles. The van der Waals surface area contributed by atoms with Crippen LogP contribution in [0.1, 0.15) is 31.9 Å². The minimum absolute atomic E-state index is 0.0542. The zero-order valence-electron chi connectivity index (χ0n) is 14.9. The lowest BCUT2D eigenvalue weighted by Crippen LogP contribution is -2.42. The van der Waals surface area contributed by atoms with Crippen LogP contribution in [0.4, 0.5) is 15.8 Å². The van der Waals surface area contributed by atoms with Crippen molar-refractivity contribution in [2.24, 2.45) is 5.41 Å². The van der Waals surface area contributed by atoms with Crippen LogP contribution < -0.4 is 10.6 Å². The molecule has 5 heteroatoms. The van der Waals surface area contributed by atoms with Crippen molar-refractivity contribution in [1.82, 2.24) is 0 Å². The molecular weight excluding hydrogens is 319 g/mol. The molecule has 0 atom stereocenters. The van der Waals surface area contributed by atoms with E-state index in [9.17, 15) is 14.0 Å². The Bertz CT molecular complexity index is 800. The van der Waals surface area contributed by atoms with Crippen LogP contribution in [0, 0.1) is 18.2 Å². The second kappa shape index (κ2) is 7.47. The van der Waals surface area contributed by atoms with Crippen molar-refractivity contribution in [3.05, 3.63) is 59.4 Å². The van der Waals surface area contributed by atoms with Crippen LogP contribution in [0.2, 0.25) is 0 Å². The fourth-order valence-electron chi connectivity index (χ4n) is 2.42. The van der Waals surface area contributed by atoms with Crippen molar-refractivity contribution in [2.45, 2.75) is 34.1 Å². The quantitative estimate of drug-likeness (QED) is 0.796. The summed E-state index contributed by atoms with van der Waals surface area (Å²) < 4.78 is 13.7. The highest BCUT2D eigenvalue weighted by molar-refractivity contribution is 6.14. The SMILES string of the molecule is CCc1cccc(C)c1NC(=O)C(C)(C)C(=O)Nc1ccccc1F. The van der Waals surface area contributed by atoms with Gasteiger partial charge in [-0.2, -0.15) is 0 Å². The lowest BCUT2D eigenvalue weighted by atomic mass is 9.90. The molecule has 0 aliphatic rings. The molecule has 0 bridgehead atoms. The van der Waals surface area contributed by atoms with Crippen LogP contribution in [0.3, 0.4) is 0 Å². The number of hydrogen-bond donors (Lipinski definition) is 2. The smallest absolute Gasteiger partial charge is 0.239 e. The number of carbonyl (C=O) groups excluding carboxylic acids is 2. The van der Waals surface area contributed by atoms with Crippen LogP contribution in [-0.4, -0.2) is 11.8 Å². The van der Waals surface area contributed by atoms with Gasteiger partial charge in [0.1, 0.15) is 11.2 Å². The summed E-state index contributed by atoms with van der Waals surface area (Å²) in [7, 11) is 0. The third-order valence-electron chi connectivity index (χ3n) is 4.24. The van der Waals surface area contributed by atoms with Gasteiger partial charge in [-0.1, -0.05) is 37.3 Å². The van der Waals surface area contributed by atoms with Gasteiger partial charge in [-0.15, -0.1) is 0 Å². The van der Waals surface area contributed by atoms with Crippen molar-refractivity contribution in [3.8, 4) is 0 Å². The van der Waals surface area contributed by atoms with E-state index < -0.39 is 23.0 Å². The van der Waals surface area contributed by atoms with E-state index in [2.05, 4.69) is 10.6 Å². The molecule has 4 nitrogen and oxygen atoms in total. The number of amides is 2. The van der Waals surface area contributed by atoms with Crippen molar-refractivity contribution in [1.29, 1.82) is 0 Å². The molecule has 0 aromatic heterocycles. The summed E-state index contributed by atoms with van der Waals surface area (Å²) >= 11 is 0. The monoisotopic (exact) mass is 342 g/mol. The minimum atomic E-state index is -1.37. The van der Waals surface area contributed by atoms with E-state index >= 15 is 0 Å². The first-order valence-electron chi connectivity index (χ1n) is 8.23. The molecule has 0 unspecified atom stereocenters. The van der Waals surface area contributed by atoms with Crippen LogP contribution in [0.5, 0.6) is 0 Å². The predicted molar refractivity (Wildman–Crippen MR) is 98.0 cm³/mol. The van der Waals surface area contributed by atoms with Gasteiger partial charge < -0.3 is 10.6 Å². The summed E-state index contributed by atoms with van der Waals surface area (Å²) in [6.45, 7) is 6.94. The van der Waals surface area contributed by atoms with Gasteiger partial charge in [-0.25, -0.2) is 4.39 Å². The number of anilines is 2. The summed E-state index contributed by atoms with van der Waals surface area (Å²) in [4.78, 5) is 25.2. The zero-order valence-corrected chi connectivity index (χ0v) is 14.9. The molecule has 0 saturated heterocycles. The molecule has 0 spiro atoms. The number of hydrogen-bond acceptors (Lipinski definition) is 2. The number of benzene rings is 2. The standard InChI is InChI=1S/C20H23FN2O2/c1-5-14-10-8-9-13(2)17(14)23-19(25)20(3,4)18(24)22-16-12-7-6-11-15(16)21/h6-12H,5H2,1-4H3,(H,22,24)(H,23,25). The molecule has 0 aliphatic heterocycles. The first kappa shape index (κ1) is 18.6. The van der Waals surface area contributed by atoms with E-state index in [0.717, 1.165) is 23.2 Å². The Morgan fingerprint density at radius 2 is 1.64 bits per heavy atom. The highest BCUT2D eigenvalue weighted by Crippen LogP contribution is 2.26. The van der Waals surface area contributed by atoms with E-state index in [1.54, 1.807) is 6.07 Å². The van der Waals surface area contributed by atoms with Gasteiger partial charge in [0.2, 0.25) is 11.8 Å². The number of rotatable bonds is 5. The van der Waals surface area contributed by atoms with Gasteiger partial charge in [0, 0.05) is 5.69 Å². The summed E-state index contributed by atoms with van der Waals surface area (Å²) in [5, 5.41) is 5.34. The Morgan fingerprint density at radius 3 is 2.28 bits per heavy atom. The molecule has 132 valence electrons. The predicted octanol–water partition coefficient (Wildman–Crippen LogP) is 4.30. The number of aryl methyl sites for hydroxylation is 2. The molecular formula is C20H23FN2O2. The highest BCUT2D eigenvalue weighted by atomic mass is 19.1. The van der Waals surface area contributed by atoms with Crippen LogP contribution in [0.15, 0.2) is 42.5 Å². The lowest BCUT2D eigenvalue weighted by molar-refractivity contribution is -0.135. The number of para-hydroxylation sites is 2. The summed E-state index contributed by atoms with van der Waals surface area (Å²) in [5.74, 6) is -1.55. The van der Waals surface area contributed by atoms with E-state index in [0.29, 0.717) is 0 Å². The normalized spacial score (nSPS) is 11.1.